The smallest absolute Gasteiger partial charge is 0.255 e. The molecular weight excluding hydrogens is 526 g/mol. The molecule has 7 nitrogen and oxygen atoms in total. The van der Waals surface area contributed by atoms with Crippen LogP contribution in [-0.2, 0) is 6.54 Å². The molecule has 5 rings (SSSR count). The van der Waals surface area contributed by atoms with Crippen molar-refractivity contribution in [2.45, 2.75) is 39.0 Å². The molecule has 9 heteroatoms. The van der Waals surface area contributed by atoms with Crippen molar-refractivity contribution in [3.05, 3.63) is 108 Å². The maximum atomic E-state index is 14.9. The zero-order valence-electron chi connectivity index (χ0n) is 23.1. The van der Waals surface area contributed by atoms with Gasteiger partial charge >= 0.3 is 0 Å². The Morgan fingerprint density at radius 1 is 1.12 bits per heavy atom. The van der Waals surface area contributed by atoms with Gasteiger partial charge in [-0.2, -0.15) is 0 Å². The van der Waals surface area contributed by atoms with Crippen LogP contribution in [0.4, 0.5) is 8.78 Å². The number of rotatable bonds is 11. The standard InChI is InChI=1S/C32H34F2N4O3/c1-32(2,14-15-39)29(37-31(40)24-10-6-7-11-28(24)41-23-17-35-18-23)30-36-27(25-16-22(33)12-13-26(25)34)20-38(30)19-21-8-4-3-5-9-21/h3-13,16,20,23,29,35,39H,14-15,17-19H2,1-2H3,(H,37,40). The van der Waals surface area contributed by atoms with Crippen molar-refractivity contribution < 1.29 is 23.4 Å². The molecular formula is C32H34F2N4O3. The minimum atomic E-state index is -0.699. The first-order valence-electron chi connectivity index (χ1n) is 13.7. The second kappa shape index (κ2) is 12.2. The second-order valence-corrected chi connectivity index (χ2v) is 11.0. The predicted molar refractivity (Wildman–Crippen MR) is 153 cm³/mol. The van der Waals surface area contributed by atoms with E-state index in [0.29, 0.717) is 43.2 Å². The lowest BCUT2D eigenvalue weighted by atomic mass is 9.80. The number of hydrogen-bond donors (Lipinski definition) is 3. The number of aliphatic hydroxyl groups is 1. The number of para-hydroxylation sites is 1. The fourth-order valence-electron chi connectivity index (χ4n) is 4.92. The third-order valence-corrected chi connectivity index (χ3v) is 7.45. The molecule has 1 aliphatic heterocycles. The van der Waals surface area contributed by atoms with Crippen LogP contribution >= 0.6 is 0 Å². The third kappa shape index (κ3) is 6.47. The highest BCUT2D eigenvalue weighted by Gasteiger charge is 2.36. The lowest BCUT2D eigenvalue weighted by Gasteiger charge is -2.35. The molecule has 1 aliphatic rings. The summed E-state index contributed by atoms with van der Waals surface area (Å²) in [5.74, 6) is -0.610. The second-order valence-electron chi connectivity index (χ2n) is 11.0. The zero-order chi connectivity index (χ0) is 29.0. The Bertz CT molecular complexity index is 1500. The highest BCUT2D eigenvalue weighted by Crippen LogP contribution is 2.38. The number of hydrogen-bond acceptors (Lipinski definition) is 5. The molecule has 0 bridgehead atoms. The van der Waals surface area contributed by atoms with Gasteiger partial charge in [0.05, 0.1) is 17.3 Å². The highest BCUT2D eigenvalue weighted by molar-refractivity contribution is 5.97. The minimum absolute atomic E-state index is 0.0147. The van der Waals surface area contributed by atoms with Gasteiger partial charge in [0.25, 0.3) is 5.91 Å². The summed E-state index contributed by atoms with van der Waals surface area (Å²) < 4.78 is 36.9. The normalized spacial score (nSPS) is 14.4. The lowest BCUT2D eigenvalue weighted by Crippen LogP contribution is -2.50. The molecule has 214 valence electrons. The van der Waals surface area contributed by atoms with Crippen LogP contribution in [0.1, 0.15) is 48.1 Å². The Kier molecular flexibility index (Phi) is 8.46. The zero-order valence-corrected chi connectivity index (χ0v) is 23.1. The highest BCUT2D eigenvalue weighted by atomic mass is 19.1. The van der Waals surface area contributed by atoms with Gasteiger partial charge < -0.3 is 25.0 Å². The Hall–Kier alpha value is -4.08. The van der Waals surface area contributed by atoms with E-state index in [1.54, 1.807) is 24.4 Å². The van der Waals surface area contributed by atoms with E-state index < -0.39 is 23.1 Å². The summed E-state index contributed by atoms with van der Waals surface area (Å²) in [6.07, 6.45) is 2.01. The van der Waals surface area contributed by atoms with Gasteiger partial charge in [-0.1, -0.05) is 56.3 Å². The fraction of sp³-hybridized carbons (Fsp3) is 0.312. The van der Waals surface area contributed by atoms with E-state index in [4.69, 9.17) is 9.72 Å². The number of carbonyl (C=O) groups is 1. The van der Waals surface area contributed by atoms with E-state index in [2.05, 4.69) is 10.6 Å². The fourth-order valence-corrected chi connectivity index (χ4v) is 4.92. The van der Waals surface area contributed by atoms with Gasteiger partial charge in [-0.05, 0) is 47.7 Å². The molecule has 2 heterocycles. The van der Waals surface area contributed by atoms with Crippen LogP contribution in [-0.4, -0.2) is 46.4 Å². The number of nitrogens with zero attached hydrogens (tertiary/aromatic N) is 2. The van der Waals surface area contributed by atoms with Crippen molar-refractivity contribution in [1.82, 2.24) is 20.2 Å². The van der Waals surface area contributed by atoms with Crippen LogP contribution in [0.25, 0.3) is 11.3 Å². The topological polar surface area (TPSA) is 88.4 Å². The maximum absolute atomic E-state index is 14.9. The quantitative estimate of drug-likeness (QED) is 0.237. The number of benzene rings is 3. The molecule has 0 aliphatic carbocycles. The summed E-state index contributed by atoms with van der Waals surface area (Å²) in [6.45, 7) is 5.55. The number of ether oxygens (including phenoxy) is 1. The van der Waals surface area contributed by atoms with Crippen molar-refractivity contribution in [3.63, 3.8) is 0 Å². The average molecular weight is 561 g/mol. The first-order chi connectivity index (χ1) is 19.7. The third-order valence-electron chi connectivity index (χ3n) is 7.45. The van der Waals surface area contributed by atoms with Gasteiger partial charge in [0.1, 0.15) is 29.3 Å². The molecule has 0 radical (unpaired) electrons. The first-order valence-corrected chi connectivity index (χ1v) is 13.7. The van der Waals surface area contributed by atoms with E-state index >= 15 is 0 Å². The number of nitrogens with one attached hydrogen (secondary N) is 2. The Balaban J connectivity index is 1.57. The summed E-state index contributed by atoms with van der Waals surface area (Å²) in [4.78, 5) is 18.6. The Morgan fingerprint density at radius 3 is 2.56 bits per heavy atom. The minimum Gasteiger partial charge on any atom is -0.487 e. The van der Waals surface area contributed by atoms with Crippen molar-refractivity contribution in [1.29, 1.82) is 0 Å². The van der Waals surface area contributed by atoms with Crippen LogP contribution in [0.2, 0.25) is 0 Å². The van der Waals surface area contributed by atoms with Gasteiger partial charge in [-0.3, -0.25) is 4.79 Å². The predicted octanol–water partition coefficient (Wildman–Crippen LogP) is 5.11. The molecule has 1 aromatic heterocycles. The van der Waals surface area contributed by atoms with E-state index in [1.807, 2.05) is 54.8 Å². The number of aliphatic hydroxyl groups excluding tert-OH is 1. The number of imidazole rings is 1. The van der Waals surface area contributed by atoms with Crippen LogP contribution in [0.3, 0.4) is 0 Å². The SMILES string of the molecule is CC(C)(CCO)C(NC(=O)c1ccccc1OC1CNC1)c1nc(-c2cc(F)ccc2F)cn1Cc1ccccc1. The number of aromatic nitrogens is 2. The molecule has 0 spiro atoms. The number of halogens is 2. The summed E-state index contributed by atoms with van der Waals surface area (Å²) >= 11 is 0. The first kappa shape index (κ1) is 28.4. The van der Waals surface area contributed by atoms with Gasteiger partial charge in [-0.15, -0.1) is 0 Å². The molecule has 0 saturated carbocycles. The van der Waals surface area contributed by atoms with E-state index in [9.17, 15) is 18.7 Å². The molecule has 3 aromatic carbocycles. The summed E-state index contributed by atoms with van der Waals surface area (Å²) in [5.41, 5.74) is 0.941. The van der Waals surface area contributed by atoms with E-state index in [-0.39, 0.29) is 29.9 Å². The Morgan fingerprint density at radius 2 is 1.85 bits per heavy atom. The summed E-state index contributed by atoms with van der Waals surface area (Å²) in [5, 5.41) is 16.2. The average Bonchev–Trinajstić information content (AvgIpc) is 3.34. The summed E-state index contributed by atoms with van der Waals surface area (Å²) in [6, 6.07) is 19.3. The van der Waals surface area contributed by atoms with Crippen LogP contribution in [0.15, 0.2) is 79.0 Å². The molecule has 3 N–H and O–H groups in total. The molecule has 4 aromatic rings. The van der Waals surface area contributed by atoms with Gasteiger partial charge in [0.15, 0.2) is 0 Å². The van der Waals surface area contributed by atoms with Gasteiger partial charge in [0.2, 0.25) is 0 Å². The van der Waals surface area contributed by atoms with E-state index in [1.165, 1.54) is 0 Å². The maximum Gasteiger partial charge on any atom is 0.255 e. The van der Waals surface area contributed by atoms with Crippen molar-refractivity contribution in [2.75, 3.05) is 19.7 Å². The molecule has 41 heavy (non-hydrogen) atoms. The van der Waals surface area contributed by atoms with Gasteiger partial charge in [0, 0.05) is 38.0 Å². The summed E-state index contributed by atoms with van der Waals surface area (Å²) in [7, 11) is 0. The number of carbonyl (C=O) groups excluding carboxylic acids is 1. The van der Waals surface area contributed by atoms with Crippen LogP contribution < -0.4 is 15.4 Å². The largest absolute Gasteiger partial charge is 0.487 e. The molecule has 1 atom stereocenters. The molecule has 1 saturated heterocycles. The van der Waals surface area contributed by atoms with Crippen LogP contribution in [0, 0.1) is 17.0 Å². The van der Waals surface area contributed by atoms with E-state index in [0.717, 1.165) is 23.8 Å². The number of amides is 1. The van der Waals surface area contributed by atoms with Crippen LogP contribution in [0.5, 0.6) is 5.75 Å². The van der Waals surface area contributed by atoms with Crippen molar-refractivity contribution >= 4 is 5.91 Å². The Labute approximate surface area is 238 Å². The molecule has 1 unspecified atom stereocenters. The van der Waals surface area contributed by atoms with Gasteiger partial charge in [-0.25, -0.2) is 13.8 Å². The molecule has 1 amide bonds. The van der Waals surface area contributed by atoms with Crippen molar-refractivity contribution in [2.24, 2.45) is 5.41 Å². The lowest BCUT2D eigenvalue weighted by molar-refractivity contribution is 0.0847. The van der Waals surface area contributed by atoms with Crippen molar-refractivity contribution in [3.8, 4) is 17.0 Å². The molecule has 1 fully saturated rings. The monoisotopic (exact) mass is 560 g/mol.